The molecule has 1 saturated carbocycles. The van der Waals surface area contributed by atoms with E-state index in [0.717, 1.165) is 18.4 Å². The standard InChI is InChI=1S/C16H20ClNO3/c1-10(11(2)16(20)21)15(19)18(14-7-8-14)9-12-3-5-13(17)6-4-12/h3-6,10-11,14H,7-9H2,1-2H3,(H,20,21). The second kappa shape index (κ2) is 6.48. The van der Waals surface area contributed by atoms with Crippen LogP contribution in [0.25, 0.3) is 0 Å². The Kier molecular flexibility index (Phi) is 4.88. The first-order valence-corrected chi connectivity index (χ1v) is 7.55. The number of carbonyl (C=O) groups is 2. The molecule has 1 fully saturated rings. The number of carboxylic acids is 1. The maximum absolute atomic E-state index is 12.6. The molecule has 2 atom stereocenters. The highest BCUT2D eigenvalue weighted by Gasteiger charge is 2.37. The summed E-state index contributed by atoms with van der Waals surface area (Å²) in [5.74, 6) is -2.21. The molecule has 2 unspecified atom stereocenters. The van der Waals surface area contributed by atoms with Crippen LogP contribution in [0.1, 0.15) is 32.3 Å². The Morgan fingerprint density at radius 1 is 1.24 bits per heavy atom. The first kappa shape index (κ1) is 15.8. The van der Waals surface area contributed by atoms with Crippen LogP contribution in [-0.2, 0) is 16.1 Å². The van der Waals surface area contributed by atoms with Crippen LogP contribution in [0.3, 0.4) is 0 Å². The van der Waals surface area contributed by atoms with Crippen molar-refractivity contribution in [1.29, 1.82) is 0 Å². The van der Waals surface area contributed by atoms with E-state index in [1.807, 2.05) is 17.0 Å². The molecule has 0 aliphatic heterocycles. The lowest BCUT2D eigenvalue weighted by molar-refractivity contribution is -0.149. The van der Waals surface area contributed by atoms with Crippen LogP contribution in [0.5, 0.6) is 0 Å². The molecule has 1 aliphatic carbocycles. The Labute approximate surface area is 129 Å². The van der Waals surface area contributed by atoms with Crippen molar-refractivity contribution >= 4 is 23.5 Å². The Morgan fingerprint density at radius 3 is 2.29 bits per heavy atom. The van der Waals surface area contributed by atoms with Crippen molar-refractivity contribution in [3.05, 3.63) is 34.9 Å². The number of carboxylic acid groups (broad SMARTS) is 1. The van der Waals surface area contributed by atoms with E-state index in [-0.39, 0.29) is 11.9 Å². The van der Waals surface area contributed by atoms with Gasteiger partial charge in [0.05, 0.1) is 5.92 Å². The second-order valence-corrected chi connectivity index (χ2v) is 6.18. The van der Waals surface area contributed by atoms with Crippen molar-refractivity contribution in [2.24, 2.45) is 11.8 Å². The van der Waals surface area contributed by atoms with Crippen molar-refractivity contribution in [2.45, 2.75) is 39.3 Å². The van der Waals surface area contributed by atoms with Crippen LogP contribution < -0.4 is 0 Å². The number of hydrogen-bond donors (Lipinski definition) is 1. The zero-order chi connectivity index (χ0) is 15.6. The van der Waals surface area contributed by atoms with E-state index in [1.54, 1.807) is 26.0 Å². The van der Waals surface area contributed by atoms with E-state index in [0.29, 0.717) is 11.6 Å². The number of rotatable bonds is 6. The smallest absolute Gasteiger partial charge is 0.307 e. The van der Waals surface area contributed by atoms with Crippen LogP contribution >= 0.6 is 11.6 Å². The minimum atomic E-state index is -0.932. The van der Waals surface area contributed by atoms with Crippen molar-refractivity contribution in [2.75, 3.05) is 0 Å². The molecule has 114 valence electrons. The van der Waals surface area contributed by atoms with Crippen LogP contribution in [0.2, 0.25) is 5.02 Å². The zero-order valence-electron chi connectivity index (χ0n) is 12.3. The van der Waals surface area contributed by atoms with Gasteiger partial charge in [0.25, 0.3) is 0 Å². The van der Waals surface area contributed by atoms with Gasteiger partial charge in [-0.1, -0.05) is 37.6 Å². The summed E-state index contributed by atoms with van der Waals surface area (Å²) in [4.78, 5) is 25.5. The first-order chi connectivity index (χ1) is 9.90. The minimum Gasteiger partial charge on any atom is -0.481 e. The molecule has 2 rings (SSSR count). The lowest BCUT2D eigenvalue weighted by Gasteiger charge is -2.27. The molecule has 0 spiro atoms. The summed E-state index contributed by atoms with van der Waals surface area (Å²) in [5.41, 5.74) is 1.01. The normalized spacial score (nSPS) is 17.1. The predicted octanol–water partition coefficient (Wildman–Crippen LogP) is 3.19. The molecule has 1 aliphatic rings. The fourth-order valence-electron chi connectivity index (χ4n) is 2.25. The number of amides is 1. The third kappa shape index (κ3) is 3.97. The molecular formula is C16H20ClNO3. The maximum Gasteiger partial charge on any atom is 0.307 e. The lowest BCUT2D eigenvalue weighted by Crippen LogP contribution is -2.40. The van der Waals surface area contributed by atoms with Crippen molar-refractivity contribution < 1.29 is 14.7 Å². The van der Waals surface area contributed by atoms with Gasteiger partial charge in [-0.05, 0) is 30.5 Å². The van der Waals surface area contributed by atoms with Gasteiger partial charge in [0, 0.05) is 23.5 Å². The van der Waals surface area contributed by atoms with Crippen LogP contribution in [0.15, 0.2) is 24.3 Å². The summed E-state index contributed by atoms with van der Waals surface area (Å²) in [6.07, 6.45) is 1.99. The molecule has 0 aromatic heterocycles. The summed E-state index contributed by atoms with van der Waals surface area (Å²) in [6, 6.07) is 7.65. The first-order valence-electron chi connectivity index (χ1n) is 7.18. The molecule has 5 heteroatoms. The predicted molar refractivity (Wildman–Crippen MR) is 81.0 cm³/mol. The summed E-state index contributed by atoms with van der Waals surface area (Å²) in [5, 5.41) is 9.74. The highest BCUT2D eigenvalue weighted by atomic mass is 35.5. The number of nitrogens with zero attached hydrogens (tertiary/aromatic N) is 1. The fraction of sp³-hybridized carbons (Fsp3) is 0.500. The van der Waals surface area contributed by atoms with Gasteiger partial charge in [0.1, 0.15) is 0 Å². The Hall–Kier alpha value is -1.55. The SMILES string of the molecule is CC(C(=O)O)C(C)C(=O)N(Cc1ccc(Cl)cc1)C1CC1. The van der Waals surface area contributed by atoms with Gasteiger partial charge in [0.15, 0.2) is 0 Å². The van der Waals surface area contributed by atoms with Crippen molar-refractivity contribution in [1.82, 2.24) is 4.90 Å². The number of hydrogen-bond acceptors (Lipinski definition) is 2. The van der Waals surface area contributed by atoms with Gasteiger partial charge < -0.3 is 10.0 Å². The second-order valence-electron chi connectivity index (χ2n) is 5.74. The summed E-state index contributed by atoms with van der Waals surface area (Å²) < 4.78 is 0. The van der Waals surface area contributed by atoms with E-state index < -0.39 is 17.8 Å². The highest BCUT2D eigenvalue weighted by molar-refractivity contribution is 6.30. The van der Waals surface area contributed by atoms with Crippen LogP contribution in [-0.4, -0.2) is 27.9 Å². The molecule has 1 N–H and O–H groups in total. The van der Waals surface area contributed by atoms with Gasteiger partial charge in [-0.2, -0.15) is 0 Å². The Balaban J connectivity index is 2.10. The molecule has 0 saturated heterocycles. The number of benzene rings is 1. The van der Waals surface area contributed by atoms with Gasteiger partial charge in [-0.3, -0.25) is 9.59 Å². The van der Waals surface area contributed by atoms with Gasteiger partial charge in [-0.25, -0.2) is 0 Å². The molecule has 1 aromatic carbocycles. The molecular weight excluding hydrogens is 290 g/mol. The fourth-order valence-corrected chi connectivity index (χ4v) is 2.37. The molecule has 1 aromatic rings. The zero-order valence-corrected chi connectivity index (χ0v) is 13.0. The topological polar surface area (TPSA) is 57.6 Å². The van der Waals surface area contributed by atoms with Gasteiger partial charge >= 0.3 is 5.97 Å². The lowest BCUT2D eigenvalue weighted by atomic mass is 9.94. The van der Waals surface area contributed by atoms with Crippen LogP contribution in [0, 0.1) is 11.8 Å². The third-order valence-electron chi connectivity index (χ3n) is 4.07. The monoisotopic (exact) mass is 309 g/mol. The van der Waals surface area contributed by atoms with E-state index in [2.05, 4.69) is 0 Å². The molecule has 0 radical (unpaired) electrons. The number of halogens is 1. The van der Waals surface area contributed by atoms with Gasteiger partial charge in [-0.15, -0.1) is 0 Å². The Bertz CT molecular complexity index is 525. The number of carbonyl (C=O) groups excluding carboxylic acids is 1. The quantitative estimate of drug-likeness (QED) is 0.878. The average molecular weight is 310 g/mol. The molecule has 21 heavy (non-hydrogen) atoms. The summed E-state index contributed by atoms with van der Waals surface area (Å²) >= 11 is 5.87. The largest absolute Gasteiger partial charge is 0.481 e. The van der Waals surface area contributed by atoms with Crippen molar-refractivity contribution in [3.63, 3.8) is 0 Å². The van der Waals surface area contributed by atoms with Crippen molar-refractivity contribution in [3.8, 4) is 0 Å². The molecule has 4 nitrogen and oxygen atoms in total. The Morgan fingerprint density at radius 2 is 1.81 bits per heavy atom. The van der Waals surface area contributed by atoms with E-state index in [1.165, 1.54) is 0 Å². The average Bonchev–Trinajstić information content (AvgIpc) is 3.28. The van der Waals surface area contributed by atoms with Crippen LogP contribution in [0.4, 0.5) is 0 Å². The third-order valence-corrected chi connectivity index (χ3v) is 4.32. The highest BCUT2D eigenvalue weighted by Crippen LogP contribution is 2.31. The summed E-state index contributed by atoms with van der Waals surface area (Å²) in [6.45, 7) is 3.79. The summed E-state index contributed by atoms with van der Waals surface area (Å²) in [7, 11) is 0. The van der Waals surface area contributed by atoms with Gasteiger partial charge in [0.2, 0.25) is 5.91 Å². The number of aliphatic carboxylic acids is 1. The maximum atomic E-state index is 12.6. The molecule has 1 amide bonds. The van der Waals surface area contributed by atoms with E-state index in [4.69, 9.17) is 16.7 Å². The van der Waals surface area contributed by atoms with E-state index >= 15 is 0 Å². The molecule has 0 bridgehead atoms. The van der Waals surface area contributed by atoms with E-state index in [9.17, 15) is 9.59 Å². The minimum absolute atomic E-state index is 0.0812. The molecule has 0 heterocycles.